The predicted octanol–water partition coefficient (Wildman–Crippen LogP) is 4.55. The molecule has 3 aromatic heterocycles. The van der Waals surface area contributed by atoms with Crippen LogP contribution in [-0.4, -0.2) is 54.4 Å². The third kappa shape index (κ3) is 4.71. The summed E-state index contributed by atoms with van der Waals surface area (Å²) in [6, 6.07) is 3.55. The van der Waals surface area contributed by atoms with E-state index in [-0.39, 0.29) is 12.1 Å². The molecule has 164 valence electrons. The van der Waals surface area contributed by atoms with Gasteiger partial charge in [0.05, 0.1) is 17.9 Å². The van der Waals surface area contributed by atoms with E-state index in [0.29, 0.717) is 46.6 Å². The van der Waals surface area contributed by atoms with Crippen LogP contribution in [0.1, 0.15) is 45.3 Å². The van der Waals surface area contributed by atoms with Gasteiger partial charge in [0.1, 0.15) is 22.5 Å². The standard InChI is InChI=1S/C21H25ClN6O3/c1-13-16(5-6-17(22)26-13)30-19-15-11-25-28(18(15)23-12-24-19)14-7-9-27(10-8-14)20(29)31-21(2,3)4/h5-6,11-12,14H,7-10H2,1-4H3. The molecule has 1 saturated heterocycles. The van der Waals surface area contributed by atoms with Crippen molar-refractivity contribution < 1.29 is 14.3 Å². The van der Waals surface area contributed by atoms with E-state index in [1.807, 2.05) is 32.4 Å². The lowest BCUT2D eigenvalue weighted by atomic mass is 10.1. The Morgan fingerprint density at radius 1 is 1.19 bits per heavy atom. The minimum atomic E-state index is -0.503. The first-order chi connectivity index (χ1) is 14.7. The van der Waals surface area contributed by atoms with Gasteiger partial charge in [-0.15, -0.1) is 0 Å². The number of piperidine rings is 1. The maximum absolute atomic E-state index is 12.3. The Balaban J connectivity index is 1.50. The molecule has 1 aliphatic rings. The van der Waals surface area contributed by atoms with Crippen LogP contribution in [-0.2, 0) is 4.74 Å². The van der Waals surface area contributed by atoms with Crippen molar-refractivity contribution in [2.24, 2.45) is 0 Å². The minimum absolute atomic E-state index is 0.123. The molecule has 1 aliphatic heterocycles. The third-order valence-electron chi connectivity index (χ3n) is 5.03. The zero-order valence-corrected chi connectivity index (χ0v) is 18.8. The van der Waals surface area contributed by atoms with E-state index in [2.05, 4.69) is 20.1 Å². The maximum Gasteiger partial charge on any atom is 0.410 e. The minimum Gasteiger partial charge on any atom is -0.444 e. The highest BCUT2D eigenvalue weighted by Gasteiger charge is 2.29. The van der Waals surface area contributed by atoms with Gasteiger partial charge >= 0.3 is 6.09 Å². The van der Waals surface area contributed by atoms with Crippen LogP contribution in [0.5, 0.6) is 11.6 Å². The van der Waals surface area contributed by atoms with E-state index in [9.17, 15) is 4.79 Å². The van der Waals surface area contributed by atoms with Crippen molar-refractivity contribution in [3.8, 4) is 11.6 Å². The van der Waals surface area contributed by atoms with Gasteiger partial charge in [-0.25, -0.2) is 24.4 Å². The van der Waals surface area contributed by atoms with Gasteiger partial charge in [0.2, 0.25) is 5.88 Å². The number of pyridine rings is 1. The zero-order valence-electron chi connectivity index (χ0n) is 18.0. The lowest BCUT2D eigenvalue weighted by Gasteiger charge is -2.33. The van der Waals surface area contributed by atoms with E-state index in [4.69, 9.17) is 21.1 Å². The summed E-state index contributed by atoms with van der Waals surface area (Å²) >= 11 is 5.93. The van der Waals surface area contributed by atoms with Crippen molar-refractivity contribution in [3.05, 3.63) is 35.5 Å². The summed E-state index contributed by atoms with van der Waals surface area (Å²) in [7, 11) is 0. The number of rotatable bonds is 3. The molecule has 3 aromatic rings. The predicted molar refractivity (Wildman–Crippen MR) is 115 cm³/mol. The normalized spacial score (nSPS) is 15.3. The fraction of sp³-hybridized carbons (Fsp3) is 0.476. The second-order valence-electron chi connectivity index (χ2n) is 8.52. The summed E-state index contributed by atoms with van der Waals surface area (Å²) in [5, 5.41) is 5.67. The summed E-state index contributed by atoms with van der Waals surface area (Å²) in [5.41, 5.74) is 0.860. The van der Waals surface area contributed by atoms with Crippen LogP contribution in [0.4, 0.5) is 4.79 Å². The van der Waals surface area contributed by atoms with Gasteiger partial charge < -0.3 is 14.4 Å². The van der Waals surface area contributed by atoms with E-state index in [1.54, 1.807) is 23.2 Å². The smallest absolute Gasteiger partial charge is 0.410 e. The van der Waals surface area contributed by atoms with Crippen molar-refractivity contribution in [1.29, 1.82) is 0 Å². The molecule has 9 nitrogen and oxygen atoms in total. The molecule has 0 radical (unpaired) electrons. The Labute approximate surface area is 185 Å². The van der Waals surface area contributed by atoms with E-state index in [1.165, 1.54) is 6.33 Å². The molecule has 0 spiro atoms. The number of fused-ring (bicyclic) bond motifs is 1. The summed E-state index contributed by atoms with van der Waals surface area (Å²) in [4.78, 5) is 27.0. The molecule has 10 heteroatoms. The van der Waals surface area contributed by atoms with Crippen molar-refractivity contribution in [2.45, 2.75) is 52.2 Å². The summed E-state index contributed by atoms with van der Waals surface area (Å²) < 4.78 is 13.3. The van der Waals surface area contributed by atoms with Gasteiger partial charge in [-0.3, -0.25) is 0 Å². The van der Waals surface area contributed by atoms with E-state index >= 15 is 0 Å². The summed E-state index contributed by atoms with van der Waals surface area (Å²) in [5.74, 6) is 0.984. The molecule has 1 amide bonds. The Kier molecular flexibility index (Phi) is 5.70. The fourth-order valence-corrected chi connectivity index (χ4v) is 3.73. The number of aryl methyl sites for hydroxylation is 1. The lowest BCUT2D eigenvalue weighted by molar-refractivity contribution is 0.0186. The highest BCUT2D eigenvalue weighted by Crippen LogP contribution is 2.31. The Morgan fingerprint density at radius 2 is 1.94 bits per heavy atom. The topological polar surface area (TPSA) is 95.3 Å². The average Bonchev–Trinajstić information content (AvgIpc) is 3.14. The van der Waals surface area contributed by atoms with Gasteiger partial charge in [-0.2, -0.15) is 5.10 Å². The maximum atomic E-state index is 12.3. The van der Waals surface area contributed by atoms with Crippen molar-refractivity contribution >= 4 is 28.7 Å². The van der Waals surface area contributed by atoms with Gasteiger partial charge in [0.25, 0.3) is 0 Å². The first-order valence-corrected chi connectivity index (χ1v) is 10.6. The average molecular weight is 445 g/mol. The van der Waals surface area contributed by atoms with E-state index < -0.39 is 5.60 Å². The number of hydrogen-bond acceptors (Lipinski definition) is 7. The molecular weight excluding hydrogens is 420 g/mol. The molecule has 0 aliphatic carbocycles. The highest BCUT2D eigenvalue weighted by molar-refractivity contribution is 6.29. The highest BCUT2D eigenvalue weighted by atomic mass is 35.5. The number of nitrogens with zero attached hydrogens (tertiary/aromatic N) is 6. The number of amides is 1. The molecule has 0 bridgehead atoms. The third-order valence-corrected chi connectivity index (χ3v) is 5.24. The molecule has 0 unspecified atom stereocenters. The van der Waals surface area contributed by atoms with Crippen LogP contribution in [0, 0.1) is 6.92 Å². The van der Waals surface area contributed by atoms with Crippen molar-refractivity contribution in [3.63, 3.8) is 0 Å². The quantitative estimate of drug-likeness (QED) is 0.547. The van der Waals surface area contributed by atoms with Crippen molar-refractivity contribution in [1.82, 2.24) is 29.6 Å². The fourth-order valence-electron chi connectivity index (χ4n) is 3.54. The first kappa shape index (κ1) is 21.3. The van der Waals surface area contributed by atoms with Gasteiger partial charge in [0, 0.05) is 13.1 Å². The zero-order chi connectivity index (χ0) is 22.2. The molecule has 0 atom stereocenters. The van der Waals surface area contributed by atoms with Gasteiger partial charge in [-0.1, -0.05) is 11.6 Å². The van der Waals surface area contributed by atoms with Crippen LogP contribution < -0.4 is 4.74 Å². The second kappa shape index (κ2) is 8.30. The number of hydrogen-bond donors (Lipinski definition) is 0. The number of likely N-dealkylation sites (tertiary alicyclic amines) is 1. The monoisotopic (exact) mass is 444 g/mol. The molecule has 4 heterocycles. The van der Waals surface area contributed by atoms with Crippen LogP contribution in [0.2, 0.25) is 5.15 Å². The van der Waals surface area contributed by atoms with Crippen molar-refractivity contribution in [2.75, 3.05) is 13.1 Å². The number of ether oxygens (including phenoxy) is 2. The Hall–Kier alpha value is -2.94. The molecule has 1 fully saturated rings. The van der Waals surface area contributed by atoms with Crippen LogP contribution in [0.25, 0.3) is 11.0 Å². The number of carbonyl (C=O) groups is 1. The molecule has 4 rings (SSSR count). The molecular formula is C21H25ClN6O3. The van der Waals surface area contributed by atoms with Gasteiger partial charge in [-0.05, 0) is 52.7 Å². The Morgan fingerprint density at radius 3 is 2.61 bits per heavy atom. The van der Waals surface area contributed by atoms with Crippen LogP contribution in [0.3, 0.4) is 0 Å². The largest absolute Gasteiger partial charge is 0.444 e. The van der Waals surface area contributed by atoms with Gasteiger partial charge in [0.15, 0.2) is 11.4 Å². The summed E-state index contributed by atoms with van der Waals surface area (Å²) in [6.07, 6.45) is 4.42. The summed E-state index contributed by atoms with van der Waals surface area (Å²) in [6.45, 7) is 8.63. The Bertz CT molecular complexity index is 1100. The number of carbonyl (C=O) groups excluding carboxylic acids is 1. The van der Waals surface area contributed by atoms with Crippen LogP contribution in [0.15, 0.2) is 24.7 Å². The van der Waals surface area contributed by atoms with Crippen LogP contribution >= 0.6 is 11.6 Å². The lowest BCUT2D eigenvalue weighted by Crippen LogP contribution is -2.42. The second-order valence-corrected chi connectivity index (χ2v) is 8.91. The first-order valence-electron chi connectivity index (χ1n) is 10.2. The molecule has 31 heavy (non-hydrogen) atoms. The van der Waals surface area contributed by atoms with E-state index in [0.717, 1.165) is 12.8 Å². The number of halogens is 1. The number of aromatic nitrogens is 5. The SMILES string of the molecule is Cc1nc(Cl)ccc1Oc1ncnc2c1cnn2C1CCN(C(=O)OC(C)(C)C)CC1. The molecule has 0 saturated carbocycles. The molecule has 0 aromatic carbocycles. The molecule has 0 N–H and O–H groups in total.